The Kier molecular flexibility index (Phi) is 5.36. The van der Waals surface area contributed by atoms with Gasteiger partial charge >= 0.3 is 0 Å². The summed E-state index contributed by atoms with van der Waals surface area (Å²) in [6, 6.07) is 21.3. The first-order chi connectivity index (χ1) is 12.1. The lowest BCUT2D eigenvalue weighted by Gasteiger charge is -2.08. The average molecular weight is 352 g/mol. The maximum absolute atomic E-state index is 13.6. The molecule has 0 aliphatic rings. The summed E-state index contributed by atoms with van der Waals surface area (Å²) >= 11 is 1.29. The molecular weight excluding hydrogens is 335 g/mol. The Bertz CT molecular complexity index is 881. The Balaban J connectivity index is 1.61. The molecule has 0 atom stereocenters. The fourth-order valence-corrected chi connectivity index (χ4v) is 2.92. The molecule has 3 aromatic carbocycles. The van der Waals surface area contributed by atoms with Crippen molar-refractivity contribution in [3.8, 4) is 0 Å². The minimum Gasteiger partial charge on any atom is -0.323 e. The maximum atomic E-state index is 13.6. The standard InChI is InChI=1S/C20H17FN2OS/c1-14-5-4-6-16(13-14)22-20(24)15-9-11-17(12-10-15)25-23-19-8-3-2-7-18(19)21/h2-13,23H,1H3,(H,22,24). The second-order valence-electron chi connectivity index (χ2n) is 5.53. The molecule has 0 saturated carbocycles. The number of amides is 1. The topological polar surface area (TPSA) is 41.1 Å². The number of carbonyl (C=O) groups is 1. The SMILES string of the molecule is Cc1cccc(NC(=O)c2ccc(SNc3ccccc3F)cc2)c1. The van der Waals surface area contributed by atoms with E-state index < -0.39 is 0 Å². The molecule has 3 aromatic rings. The van der Waals surface area contributed by atoms with E-state index in [1.54, 1.807) is 30.3 Å². The number of hydrogen-bond acceptors (Lipinski definition) is 3. The van der Waals surface area contributed by atoms with Crippen LogP contribution >= 0.6 is 11.9 Å². The molecule has 3 nitrogen and oxygen atoms in total. The van der Waals surface area contributed by atoms with Crippen LogP contribution in [-0.2, 0) is 0 Å². The molecule has 1 amide bonds. The molecule has 0 spiro atoms. The fraction of sp³-hybridized carbons (Fsp3) is 0.0500. The molecule has 0 fully saturated rings. The van der Waals surface area contributed by atoms with Gasteiger partial charge in [-0.25, -0.2) is 4.39 Å². The number of hydrogen-bond donors (Lipinski definition) is 2. The van der Waals surface area contributed by atoms with E-state index in [9.17, 15) is 9.18 Å². The van der Waals surface area contributed by atoms with E-state index in [1.807, 2.05) is 43.3 Å². The van der Waals surface area contributed by atoms with Gasteiger partial charge in [-0.3, -0.25) is 4.79 Å². The minimum atomic E-state index is -0.302. The van der Waals surface area contributed by atoms with Crippen LogP contribution in [0.5, 0.6) is 0 Å². The molecule has 25 heavy (non-hydrogen) atoms. The van der Waals surface area contributed by atoms with Crippen molar-refractivity contribution < 1.29 is 9.18 Å². The molecule has 0 heterocycles. The molecule has 0 aliphatic carbocycles. The number of halogens is 1. The highest BCUT2D eigenvalue weighted by Crippen LogP contribution is 2.23. The highest BCUT2D eigenvalue weighted by Gasteiger charge is 2.07. The van der Waals surface area contributed by atoms with Crippen LogP contribution in [-0.4, -0.2) is 5.91 Å². The maximum Gasteiger partial charge on any atom is 0.255 e. The summed E-state index contributed by atoms with van der Waals surface area (Å²) in [5, 5.41) is 2.87. The molecule has 3 rings (SSSR count). The zero-order chi connectivity index (χ0) is 17.6. The van der Waals surface area contributed by atoms with Crippen molar-refractivity contribution >= 4 is 29.2 Å². The first-order valence-corrected chi connectivity index (χ1v) is 8.59. The van der Waals surface area contributed by atoms with Crippen molar-refractivity contribution in [2.45, 2.75) is 11.8 Å². The second-order valence-corrected chi connectivity index (χ2v) is 6.41. The van der Waals surface area contributed by atoms with E-state index in [2.05, 4.69) is 10.0 Å². The normalized spacial score (nSPS) is 10.3. The van der Waals surface area contributed by atoms with Gasteiger partial charge < -0.3 is 10.0 Å². The van der Waals surface area contributed by atoms with Gasteiger partial charge in [-0.2, -0.15) is 0 Å². The summed E-state index contributed by atoms with van der Waals surface area (Å²) in [5.74, 6) is -0.464. The summed E-state index contributed by atoms with van der Waals surface area (Å²) in [4.78, 5) is 13.2. The van der Waals surface area contributed by atoms with Crippen LogP contribution in [0, 0.1) is 12.7 Å². The average Bonchev–Trinajstić information content (AvgIpc) is 2.61. The van der Waals surface area contributed by atoms with E-state index in [-0.39, 0.29) is 11.7 Å². The van der Waals surface area contributed by atoms with E-state index in [0.29, 0.717) is 11.3 Å². The molecule has 5 heteroatoms. The van der Waals surface area contributed by atoms with Crippen molar-refractivity contribution in [3.63, 3.8) is 0 Å². The van der Waals surface area contributed by atoms with Crippen LogP contribution in [0.1, 0.15) is 15.9 Å². The van der Waals surface area contributed by atoms with E-state index in [0.717, 1.165) is 16.1 Å². The third-order valence-corrected chi connectivity index (χ3v) is 4.37. The van der Waals surface area contributed by atoms with Gasteiger partial charge in [0.25, 0.3) is 5.91 Å². The summed E-state index contributed by atoms with van der Waals surface area (Å²) in [6.45, 7) is 1.98. The van der Waals surface area contributed by atoms with Gasteiger partial charge in [-0.15, -0.1) is 0 Å². The summed E-state index contributed by atoms with van der Waals surface area (Å²) in [6.07, 6.45) is 0. The lowest BCUT2D eigenvalue weighted by atomic mass is 10.2. The number of aryl methyl sites for hydroxylation is 1. The van der Waals surface area contributed by atoms with E-state index >= 15 is 0 Å². The quantitative estimate of drug-likeness (QED) is 0.595. The van der Waals surface area contributed by atoms with Gasteiger partial charge in [0.05, 0.1) is 5.69 Å². The van der Waals surface area contributed by atoms with Gasteiger partial charge in [-0.05, 0) is 73.0 Å². The van der Waals surface area contributed by atoms with Crippen LogP contribution < -0.4 is 10.0 Å². The third kappa shape index (κ3) is 4.61. The van der Waals surface area contributed by atoms with Crippen LogP contribution in [0.2, 0.25) is 0 Å². The number of anilines is 2. The second kappa shape index (κ2) is 7.85. The van der Waals surface area contributed by atoms with Gasteiger partial charge in [0.1, 0.15) is 5.82 Å². The first kappa shape index (κ1) is 17.0. The Morgan fingerprint density at radius 3 is 2.44 bits per heavy atom. The summed E-state index contributed by atoms with van der Waals surface area (Å²) in [5.41, 5.74) is 2.85. The molecule has 0 saturated heterocycles. The summed E-state index contributed by atoms with van der Waals surface area (Å²) < 4.78 is 16.5. The van der Waals surface area contributed by atoms with Crippen LogP contribution in [0.4, 0.5) is 15.8 Å². The highest BCUT2D eigenvalue weighted by atomic mass is 32.2. The largest absolute Gasteiger partial charge is 0.323 e. The van der Waals surface area contributed by atoms with Crippen molar-refractivity contribution in [3.05, 3.63) is 89.7 Å². The van der Waals surface area contributed by atoms with Crippen molar-refractivity contribution in [2.75, 3.05) is 10.0 Å². The molecule has 0 radical (unpaired) electrons. The van der Waals surface area contributed by atoms with Crippen LogP contribution in [0.3, 0.4) is 0 Å². The van der Waals surface area contributed by atoms with Crippen LogP contribution in [0.15, 0.2) is 77.7 Å². The minimum absolute atomic E-state index is 0.163. The number of carbonyl (C=O) groups excluding carboxylic acids is 1. The number of para-hydroxylation sites is 1. The third-order valence-electron chi connectivity index (χ3n) is 3.55. The zero-order valence-electron chi connectivity index (χ0n) is 13.6. The highest BCUT2D eigenvalue weighted by molar-refractivity contribution is 8.00. The Hall–Kier alpha value is -2.79. The molecule has 0 bridgehead atoms. The molecule has 0 aliphatic heterocycles. The monoisotopic (exact) mass is 352 g/mol. The van der Waals surface area contributed by atoms with E-state index in [1.165, 1.54) is 18.0 Å². The van der Waals surface area contributed by atoms with Crippen molar-refractivity contribution in [1.82, 2.24) is 0 Å². The number of nitrogens with one attached hydrogen (secondary N) is 2. The predicted octanol–water partition coefficient (Wildman–Crippen LogP) is 5.51. The fourth-order valence-electron chi connectivity index (χ4n) is 2.26. The van der Waals surface area contributed by atoms with Crippen LogP contribution in [0.25, 0.3) is 0 Å². The molecule has 0 unspecified atom stereocenters. The number of rotatable bonds is 5. The Morgan fingerprint density at radius 2 is 1.72 bits per heavy atom. The van der Waals surface area contributed by atoms with Crippen molar-refractivity contribution in [2.24, 2.45) is 0 Å². The Labute approximate surface area is 150 Å². The van der Waals surface area contributed by atoms with Gasteiger partial charge in [0.2, 0.25) is 0 Å². The zero-order valence-corrected chi connectivity index (χ0v) is 14.4. The van der Waals surface area contributed by atoms with E-state index in [4.69, 9.17) is 0 Å². The Morgan fingerprint density at radius 1 is 0.960 bits per heavy atom. The predicted molar refractivity (Wildman–Crippen MR) is 101 cm³/mol. The molecular formula is C20H17FN2OS. The van der Waals surface area contributed by atoms with Gasteiger partial charge in [-0.1, -0.05) is 24.3 Å². The molecule has 0 aromatic heterocycles. The molecule has 126 valence electrons. The van der Waals surface area contributed by atoms with Crippen molar-refractivity contribution in [1.29, 1.82) is 0 Å². The lowest BCUT2D eigenvalue weighted by Crippen LogP contribution is -2.11. The summed E-state index contributed by atoms with van der Waals surface area (Å²) in [7, 11) is 0. The first-order valence-electron chi connectivity index (χ1n) is 7.77. The van der Waals surface area contributed by atoms with Gasteiger partial charge in [0, 0.05) is 16.1 Å². The number of benzene rings is 3. The van der Waals surface area contributed by atoms with Gasteiger partial charge in [0.15, 0.2) is 0 Å². The lowest BCUT2D eigenvalue weighted by molar-refractivity contribution is 0.102. The smallest absolute Gasteiger partial charge is 0.255 e. The molecule has 2 N–H and O–H groups in total.